The highest BCUT2D eigenvalue weighted by atomic mass is 31.4. The first-order valence-electron chi connectivity index (χ1n) is 8.48. The quantitative estimate of drug-likeness (QED) is 0.488. The molecule has 0 aliphatic rings. The van der Waals surface area contributed by atoms with Gasteiger partial charge in [-0.1, -0.05) is 62.5 Å². The van der Waals surface area contributed by atoms with Crippen LogP contribution < -0.4 is 10.6 Å². The summed E-state index contributed by atoms with van der Waals surface area (Å²) in [4.78, 5) is 0. The highest BCUT2D eigenvalue weighted by molar-refractivity contribution is 8.04. The van der Waals surface area contributed by atoms with E-state index in [-0.39, 0.29) is 7.47 Å². The third-order valence-corrected chi connectivity index (χ3v) is 13.4. The van der Waals surface area contributed by atoms with Crippen molar-refractivity contribution < 1.29 is 0 Å². The highest BCUT2D eigenvalue weighted by Gasteiger charge is 2.33. The molecule has 0 amide bonds. The van der Waals surface area contributed by atoms with Gasteiger partial charge in [0.1, 0.15) is 0 Å². The van der Waals surface area contributed by atoms with Crippen LogP contribution in [0.5, 0.6) is 0 Å². The Morgan fingerprint density at radius 3 is 1.04 bits per heavy atom. The largest absolute Gasteiger partial charge is 0.0828 e. The Morgan fingerprint density at radius 1 is 0.565 bits per heavy atom. The van der Waals surface area contributed by atoms with Gasteiger partial charge in [-0.2, -0.15) is 0 Å². The summed E-state index contributed by atoms with van der Waals surface area (Å²) in [5.41, 5.74) is 8.69. The lowest BCUT2D eigenvalue weighted by atomic mass is 10.1. The van der Waals surface area contributed by atoms with Crippen LogP contribution in [0.25, 0.3) is 0 Å². The fourth-order valence-electron chi connectivity index (χ4n) is 3.83. The Kier molecular flexibility index (Phi) is 5.23. The fourth-order valence-corrected chi connectivity index (χ4v) is 13.2. The molecule has 0 unspecified atom stereocenters. The molecule has 2 rings (SSSR count). The third-order valence-electron chi connectivity index (χ3n) is 4.39. The first-order valence-corrected chi connectivity index (χ1v) is 14.2. The SMILES string of the molecule is Cc1cc(C)c(P(c2c(C)cc(C)cc2C)[Si](C)(C)C)c(C)c1. The molecule has 0 spiro atoms. The number of hydrogen-bond acceptors (Lipinski definition) is 0. The van der Waals surface area contributed by atoms with E-state index < -0.39 is 7.74 Å². The average Bonchev–Trinajstić information content (AvgIpc) is 2.33. The lowest BCUT2D eigenvalue weighted by molar-refractivity contribution is 1.35. The van der Waals surface area contributed by atoms with Crippen LogP contribution >= 0.6 is 7.47 Å². The van der Waals surface area contributed by atoms with Gasteiger partial charge in [0, 0.05) is 0 Å². The van der Waals surface area contributed by atoms with Crippen molar-refractivity contribution in [2.24, 2.45) is 0 Å². The Hall–Kier alpha value is -0.913. The minimum absolute atomic E-state index is 0.261. The van der Waals surface area contributed by atoms with Gasteiger partial charge in [-0.25, -0.2) is 0 Å². The molecule has 0 radical (unpaired) electrons. The van der Waals surface area contributed by atoms with Crippen molar-refractivity contribution in [1.29, 1.82) is 0 Å². The Balaban J connectivity index is 2.81. The van der Waals surface area contributed by atoms with Crippen molar-refractivity contribution in [2.75, 3.05) is 0 Å². The zero-order chi connectivity index (χ0) is 17.5. The van der Waals surface area contributed by atoms with E-state index >= 15 is 0 Å². The van der Waals surface area contributed by atoms with E-state index in [2.05, 4.69) is 85.4 Å². The van der Waals surface area contributed by atoms with Crippen LogP contribution in [-0.4, -0.2) is 7.74 Å². The van der Waals surface area contributed by atoms with Gasteiger partial charge in [-0.15, -0.1) is 0 Å². The second-order valence-corrected chi connectivity index (χ2v) is 19.3. The van der Waals surface area contributed by atoms with Gasteiger partial charge in [-0.3, -0.25) is 0 Å². The maximum Gasteiger partial charge on any atom is 0.0828 e. The molecule has 0 aromatic heterocycles. The van der Waals surface area contributed by atoms with Crippen LogP contribution in [0.1, 0.15) is 33.4 Å². The van der Waals surface area contributed by atoms with Crippen molar-refractivity contribution in [3.63, 3.8) is 0 Å². The predicted molar refractivity (Wildman–Crippen MR) is 111 cm³/mol. The normalized spacial score (nSPS) is 12.1. The summed E-state index contributed by atoms with van der Waals surface area (Å²) >= 11 is 0. The van der Waals surface area contributed by atoms with E-state index in [4.69, 9.17) is 0 Å². The van der Waals surface area contributed by atoms with E-state index in [0.717, 1.165) is 0 Å². The van der Waals surface area contributed by atoms with Crippen LogP contribution in [0.4, 0.5) is 0 Å². The molecular formula is C21H31PSi. The number of benzene rings is 2. The second kappa shape index (κ2) is 6.53. The van der Waals surface area contributed by atoms with Crippen molar-refractivity contribution >= 4 is 25.8 Å². The minimum atomic E-state index is -1.36. The van der Waals surface area contributed by atoms with Crippen LogP contribution in [0.15, 0.2) is 24.3 Å². The Morgan fingerprint density at radius 2 is 0.826 bits per heavy atom. The van der Waals surface area contributed by atoms with Crippen molar-refractivity contribution in [3.05, 3.63) is 57.6 Å². The molecule has 0 bridgehead atoms. The summed E-state index contributed by atoms with van der Waals surface area (Å²) in [6, 6.07) is 9.49. The second-order valence-electron chi connectivity index (χ2n) is 8.00. The molecule has 2 aromatic rings. The topological polar surface area (TPSA) is 0 Å². The molecule has 0 aliphatic carbocycles. The first kappa shape index (κ1) is 18.4. The van der Waals surface area contributed by atoms with Gasteiger partial charge in [0.05, 0.1) is 7.74 Å². The van der Waals surface area contributed by atoms with E-state index in [9.17, 15) is 0 Å². The van der Waals surface area contributed by atoms with Crippen LogP contribution in [0.3, 0.4) is 0 Å². The lowest BCUT2D eigenvalue weighted by Gasteiger charge is -2.35. The van der Waals surface area contributed by atoms with Gasteiger partial charge in [0.15, 0.2) is 0 Å². The smallest absolute Gasteiger partial charge is 0.0651 e. The van der Waals surface area contributed by atoms with E-state index in [1.807, 2.05) is 0 Å². The van der Waals surface area contributed by atoms with Gasteiger partial charge >= 0.3 is 0 Å². The molecule has 0 aliphatic heterocycles. The molecule has 2 heteroatoms. The summed E-state index contributed by atoms with van der Waals surface area (Å²) in [5.74, 6) is 0. The Labute approximate surface area is 145 Å². The maximum absolute atomic E-state index is 2.54. The summed E-state index contributed by atoms with van der Waals surface area (Å²) in [6.45, 7) is 21.3. The molecule has 0 atom stereocenters. The molecule has 0 fully saturated rings. The van der Waals surface area contributed by atoms with E-state index in [0.29, 0.717) is 0 Å². The fraction of sp³-hybridized carbons (Fsp3) is 0.429. The molecule has 0 N–H and O–H groups in total. The highest BCUT2D eigenvalue weighted by Crippen LogP contribution is 2.48. The molecule has 0 saturated carbocycles. The Bertz CT molecular complexity index is 634. The number of aryl methyl sites for hydroxylation is 6. The van der Waals surface area contributed by atoms with Gasteiger partial charge in [-0.05, 0) is 74.4 Å². The molecule has 23 heavy (non-hydrogen) atoms. The third kappa shape index (κ3) is 3.78. The molecular weight excluding hydrogens is 311 g/mol. The van der Waals surface area contributed by atoms with Gasteiger partial charge in [0.2, 0.25) is 0 Å². The van der Waals surface area contributed by atoms with Crippen LogP contribution in [0.2, 0.25) is 19.6 Å². The number of rotatable bonds is 3. The summed E-state index contributed by atoms with van der Waals surface area (Å²) < 4.78 is 0. The van der Waals surface area contributed by atoms with Gasteiger partial charge in [0.25, 0.3) is 0 Å². The molecule has 0 nitrogen and oxygen atoms in total. The first-order chi connectivity index (χ1) is 10.5. The van der Waals surface area contributed by atoms with Crippen LogP contribution in [0, 0.1) is 41.5 Å². The molecule has 0 heterocycles. The number of hydrogen-bond donors (Lipinski definition) is 0. The molecule has 0 saturated heterocycles. The summed E-state index contributed by atoms with van der Waals surface area (Å²) in [5, 5.41) is 3.28. The molecule has 2 aromatic carbocycles. The van der Waals surface area contributed by atoms with Crippen molar-refractivity contribution in [3.8, 4) is 0 Å². The predicted octanol–water partition coefficient (Wildman–Crippen LogP) is 5.80. The zero-order valence-electron chi connectivity index (χ0n) is 16.3. The molecule has 124 valence electrons. The van der Waals surface area contributed by atoms with Gasteiger partial charge < -0.3 is 0 Å². The monoisotopic (exact) mass is 342 g/mol. The average molecular weight is 343 g/mol. The van der Waals surface area contributed by atoms with Crippen molar-refractivity contribution in [2.45, 2.75) is 61.2 Å². The zero-order valence-corrected chi connectivity index (χ0v) is 18.2. The van der Waals surface area contributed by atoms with E-state index in [1.54, 1.807) is 10.6 Å². The van der Waals surface area contributed by atoms with Crippen molar-refractivity contribution in [1.82, 2.24) is 0 Å². The van der Waals surface area contributed by atoms with Crippen LogP contribution in [-0.2, 0) is 0 Å². The maximum atomic E-state index is 2.54. The minimum Gasteiger partial charge on any atom is -0.0651 e. The van der Waals surface area contributed by atoms with E-state index in [1.165, 1.54) is 33.4 Å². The standard InChI is InChI=1S/C21H31PSi/c1-14-10-16(3)20(17(4)11-14)22(23(7,8)9)21-18(5)12-15(2)13-19(21)6/h10-13H,1-9H3. The summed E-state index contributed by atoms with van der Waals surface area (Å²) in [6.07, 6.45) is 0. The summed E-state index contributed by atoms with van der Waals surface area (Å²) in [7, 11) is -1.62. The lowest BCUT2D eigenvalue weighted by Crippen LogP contribution is -2.35.